The fourth-order valence-corrected chi connectivity index (χ4v) is 3.55. The largest absolute Gasteiger partial charge is 0.370 e. The van der Waals surface area contributed by atoms with E-state index in [0.29, 0.717) is 6.54 Å². The van der Waals surface area contributed by atoms with E-state index in [1.54, 1.807) is 6.33 Å². The number of hydrogen-bond acceptors (Lipinski definition) is 3. The topological polar surface area (TPSA) is 89.6 Å². The van der Waals surface area contributed by atoms with Crippen molar-refractivity contribution in [2.24, 2.45) is 5.73 Å². The molecule has 0 bridgehead atoms. The first-order valence-electron chi connectivity index (χ1n) is 9.55. The number of carbonyl (C=O) groups is 1. The van der Waals surface area contributed by atoms with Gasteiger partial charge in [-0.1, -0.05) is 48.0 Å². The van der Waals surface area contributed by atoms with E-state index in [2.05, 4.69) is 47.2 Å². The number of nitrogens with two attached hydrogens (primary N) is 1. The van der Waals surface area contributed by atoms with E-state index < -0.39 is 0 Å². The van der Waals surface area contributed by atoms with E-state index in [4.69, 9.17) is 5.73 Å². The van der Waals surface area contributed by atoms with Gasteiger partial charge in [-0.2, -0.15) is 5.10 Å². The van der Waals surface area contributed by atoms with Gasteiger partial charge in [0.1, 0.15) is 0 Å². The summed E-state index contributed by atoms with van der Waals surface area (Å²) in [5.41, 5.74) is 13.5. The zero-order valence-corrected chi connectivity index (χ0v) is 16.5. The van der Waals surface area contributed by atoms with Crippen molar-refractivity contribution >= 4 is 5.91 Å². The standard InChI is InChI=1S/C23H23N5O/c1-15-8-9-16(2)18(12-15)22-19(13-26-27-22)23-21(17-6-4-3-5-7-17)25-14-28(23)11-10-20(24)29/h3-9,12-14H,10-11H2,1-2H3,(H2,24,29)(H,26,27). The molecule has 0 aliphatic heterocycles. The van der Waals surface area contributed by atoms with Gasteiger partial charge < -0.3 is 10.3 Å². The Hall–Kier alpha value is -3.67. The minimum Gasteiger partial charge on any atom is -0.370 e. The Labute approximate surface area is 169 Å². The van der Waals surface area contributed by atoms with E-state index in [9.17, 15) is 4.79 Å². The SMILES string of the molecule is Cc1ccc(C)c(-c2[nH]ncc2-c2c(-c3ccccc3)ncn2CCC(N)=O)c1. The van der Waals surface area contributed by atoms with Crippen molar-refractivity contribution < 1.29 is 4.79 Å². The molecule has 6 heteroatoms. The van der Waals surface area contributed by atoms with Crippen LogP contribution in [0.2, 0.25) is 0 Å². The second-order valence-electron chi connectivity index (χ2n) is 7.19. The third-order valence-electron chi connectivity index (χ3n) is 5.04. The molecule has 3 N–H and O–H groups in total. The number of hydrogen-bond donors (Lipinski definition) is 2. The zero-order valence-electron chi connectivity index (χ0n) is 16.5. The summed E-state index contributed by atoms with van der Waals surface area (Å²) in [5, 5.41) is 7.51. The number of benzene rings is 2. The Morgan fingerprint density at radius 1 is 1.10 bits per heavy atom. The van der Waals surface area contributed by atoms with Crippen LogP contribution in [0.1, 0.15) is 17.5 Å². The molecule has 0 fully saturated rings. The first kappa shape index (κ1) is 18.7. The molecule has 146 valence electrons. The zero-order chi connectivity index (χ0) is 20.4. The van der Waals surface area contributed by atoms with Crippen LogP contribution in [-0.2, 0) is 11.3 Å². The quantitative estimate of drug-likeness (QED) is 0.524. The molecule has 0 aliphatic carbocycles. The number of nitrogens with one attached hydrogen (secondary N) is 1. The summed E-state index contributed by atoms with van der Waals surface area (Å²) in [7, 11) is 0. The van der Waals surface area contributed by atoms with E-state index >= 15 is 0 Å². The van der Waals surface area contributed by atoms with E-state index in [1.165, 1.54) is 5.56 Å². The van der Waals surface area contributed by atoms with Crippen molar-refractivity contribution in [1.82, 2.24) is 19.7 Å². The van der Waals surface area contributed by atoms with Gasteiger partial charge in [0.15, 0.2) is 0 Å². The van der Waals surface area contributed by atoms with Crippen LogP contribution in [0.15, 0.2) is 61.1 Å². The number of primary amides is 1. The molecule has 2 heterocycles. The number of aryl methyl sites for hydroxylation is 3. The fraction of sp³-hybridized carbons (Fsp3) is 0.174. The smallest absolute Gasteiger partial charge is 0.219 e. The lowest BCUT2D eigenvalue weighted by Crippen LogP contribution is -2.14. The van der Waals surface area contributed by atoms with E-state index in [0.717, 1.165) is 39.3 Å². The van der Waals surface area contributed by atoms with Crippen LogP contribution in [0.4, 0.5) is 0 Å². The molecule has 0 saturated heterocycles. The molecule has 0 saturated carbocycles. The fourth-order valence-electron chi connectivity index (χ4n) is 3.55. The van der Waals surface area contributed by atoms with Gasteiger partial charge in [-0.15, -0.1) is 0 Å². The number of amides is 1. The van der Waals surface area contributed by atoms with Gasteiger partial charge in [0.05, 0.1) is 29.6 Å². The Balaban J connectivity index is 1.91. The van der Waals surface area contributed by atoms with Crippen LogP contribution in [-0.4, -0.2) is 25.7 Å². The summed E-state index contributed by atoms with van der Waals surface area (Å²) in [6.07, 6.45) is 3.83. The van der Waals surface area contributed by atoms with Crippen molar-refractivity contribution in [2.75, 3.05) is 0 Å². The van der Waals surface area contributed by atoms with E-state index in [-0.39, 0.29) is 12.3 Å². The number of nitrogens with zero attached hydrogens (tertiary/aromatic N) is 3. The molecular formula is C23H23N5O. The maximum absolute atomic E-state index is 11.4. The van der Waals surface area contributed by atoms with Crippen LogP contribution in [0.5, 0.6) is 0 Å². The van der Waals surface area contributed by atoms with Crippen LogP contribution in [0, 0.1) is 13.8 Å². The molecule has 0 atom stereocenters. The summed E-state index contributed by atoms with van der Waals surface area (Å²) in [4.78, 5) is 16.1. The summed E-state index contributed by atoms with van der Waals surface area (Å²) in [5.74, 6) is -0.340. The molecule has 1 amide bonds. The molecule has 0 radical (unpaired) electrons. The second-order valence-corrected chi connectivity index (χ2v) is 7.19. The van der Waals surface area contributed by atoms with E-state index in [1.807, 2.05) is 41.1 Å². The van der Waals surface area contributed by atoms with Crippen molar-refractivity contribution in [3.63, 3.8) is 0 Å². The molecule has 0 spiro atoms. The maximum atomic E-state index is 11.4. The highest BCUT2D eigenvalue weighted by molar-refractivity contribution is 5.87. The monoisotopic (exact) mass is 385 g/mol. The summed E-state index contributed by atoms with van der Waals surface area (Å²) in [6.45, 7) is 4.62. The maximum Gasteiger partial charge on any atom is 0.219 e. The lowest BCUT2D eigenvalue weighted by Gasteiger charge is -2.12. The minimum absolute atomic E-state index is 0.244. The third kappa shape index (κ3) is 3.69. The number of H-pyrrole nitrogens is 1. The van der Waals surface area contributed by atoms with Crippen LogP contribution in [0.3, 0.4) is 0 Å². The third-order valence-corrected chi connectivity index (χ3v) is 5.04. The summed E-state index contributed by atoms with van der Waals surface area (Å²) in [6, 6.07) is 16.4. The van der Waals surface area contributed by atoms with Gasteiger partial charge in [0.2, 0.25) is 5.91 Å². The van der Waals surface area contributed by atoms with Crippen molar-refractivity contribution in [2.45, 2.75) is 26.8 Å². The van der Waals surface area contributed by atoms with Gasteiger partial charge in [0, 0.05) is 29.7 Å². The highest BCUT2D eigenvalue weighted by Crippen LogP contribution is 2.37. The van der Waals surface area contributed by atoms with Gasteiger partial charge in [-0.05, 0) is 25.5 Å². The van der Waals surface area contributed by atoms with Crippen molar-refractivity contribution in [3.05, 3.63) is 72.2 Å². The van der Waals surface area contributed by atoms with Crippen LogP contribution in [0.25, 0.3) is 33.8 Å². The second kappa shape index (κ2) is 7.75. The predicted octanol–water partition coefficient (Wildman–Crippen LogP) is 4.10. The highest BCUT2D eigenvalue weighted by Gasteiger charge is 2.21. The van der Waals surface area contributed by atoms with Crippen molar-refractivity contribution in [1.29, 1.82) is 0 Å². The highest BCUT2D eigenvalue weighted by atomic mass is 16.1. The molecule has 6 nitrogen and oxygen atoms in total. The lowest BCUT2D eigenvalue weighted by atomic mass is 9.97. The molecular weight excluding hydrogens is 362 g/mol. The number of aromatic amines is 1. The first-order valence-corrected chi connectivity index (χ1v) is 9.55. The molecule has 2 aromatic heterocycles. The van der Waals surface area contributed by atoms with Gasteiger partial charge in [0.25, 0.3) is 0 Å². The summed E-state index contributed by atoms with van der Waals surface area (Å²) < 4.78 is 1.98. The number of imidazole rings is 1. The first-order chi connectivity index (χ1) is 14.0. The molecule has 0 unspecified atom stereocenters. The van der Waals surface area contributed by atoms with Crippen molar-refractivity contribution in [3.8, 4) is 33.8 Å². The predicted molar refractivity (Wildman–Crippen MR) is 114 cm³/mol. The average Bonchev–Trinajstić information content (AvgIpc) is 3.35. The van der Waals surface area contributed by atoms with Crippen LogP contribution >= 0.6 is 0 Å². The Bertz CT molecular complexity index is 1160. The number of aromatic nitrogens is 4. The van der Waals surface area contributed by atoms with Crippen LogP contribution < -0.4 is 5.73 Å². The molecule has 2 aromatic carbocycles. The Morgan fingerprint density at radius 2 is 1.90 bits per heavy atom. The lowest BCUT2D eigenvalue weighted by molar-refractivity contribution is -0.118. The molecule has 4 rings (SSSR count). The molecule has 29 heavy (non-hydrogen) atoms. The molecule has 4 aromatic rings. The number of rotatable bonds is 6. The number of carbonyl (C=O) groups excluding carboxylic acids is 1. The molecule has 0 aliphatic rings. The summed E-state index contributed by atoms with van der Waals surface area (Å²) >= 11 is 0. The normalized spacial score (nSPS) is 11.0. The van der Waals surface area contributed by atoms with Gasteiger partial charge in [-0.25, -0.2) is 4.98 Å². The van der Waals surface area contributed by atoms with Gasteiger partial charge in [-0.3, -0.25) is 9.89 Å². The Kier molecular flexibility index (Phi) is 4.99. The van der Waals surface area contributed by atoms with Gasteiger partial charge >= 0.3 is 0 Å². The minimum atomic E-state index is -0.340. The Morgan fingerprint density at radius 3 is 2.66 bits per heavy atom. The average molecular weight is 385 g/mol.